The van der Waals surface area contributed by atoms with Gasteiger partial charge in [-0.2, -0.15) is 24.8 Å². The molecular formula is C31H31N11O2. The van der Waals surface area contributed by atoms with Gasteiger partial charge >= 0.3 is 0 Å². The van der Waals surface area contributed by atoms with Gasteiger partial charge in [-0.3, -0.25) is 9.59 Å². The third kappa shape index (κ3) is 6.71. The fourth-order valence-corrected chi connectivity index (χ4v) is 4.19. The Labute approximate surface area is 253 Å². The molecule has 2 amide bonds. The van der Waals surface area contributed by atoms with Crippen LogP contribution in [0.5, 0.6) is 0 Å². The number of aryl methyl sites for hydroxylation is 1. The lowest BCUT2D eigenvalue weighted by Crippen LogP contribution is -2.25. The van der Waals surface area contributed by atoms with Crippen LogP contribution in [-0.4, -0.2) is 53.9 Å². The van der Waals surface area contributed by atoms with E-state index in [1.165, 1.54) is 17.1 Å². The van der Waals surface area contributed by atoms with Gasteiger partial charge in [0.1, 0.15) is 28.8 Å². The number of nitrogens with one attached hydrogen (secondary N) is 3. The molecule has 0 saturated heterocycles. The molecule has 13 heteroatoms. The number of rotatable bonds is 8. The molecule has 1 saturated carbocycles. The van der Waals surface area contributed by atoms with Crippen molar-refractivity contribution in [1.82, 2.24) is 34.8 Å². The number of carbonyl (C=O) groups is 2. The van der Waals surface area contributed by atoms with E-state index in [1.54, 1.807) is 41.3 Å². The number of aromatic nitrogens is 6. The summed E-state index contributed by atoms with van der Waals surface area (Å²) in [4.78, 5) is 33.8. The normalized spacial score (nSPS) is 11.9. The molecule has 0 aliphatic heterocycles. The number of pyridine rings is 2. The van der Waals surface area contributed by atoms with Crippen LogP contribution in [0, 0.1) is 18.3 Å². The first-order valence-corrected chi connectivity index (χ1v) is 14.0. The van der Waals surface area contributed by atoms with Crippen LogP contribution < -0.4 is 21.7 Å². The maximum atomic E-state index is 13.1. The molecule has 5 N–H and O–H groups in total. The second-order valence-electron chi connectivity index (χ2n) is 9.92. The van der Waals surface area contributed by atoms with Gasteiger partial charge in [0.2, 0.25) is 0 Å². The number of hydrogen-bond acceptors (Lipinski definition) is 9. The fraction of sp³-hybridized carbons (Fsp3) is 0.194. The number of nitrogen functional groups attached to an aromatic ring is 1. The lowest BCUT2D eigenvalue weighted by atomic mass is 10.1. The summed E-state index contributed by atoms with van der Waals surface area (Å²) in [7, 11) is 0. The number of nitrogens with two attached hydrogens (primary N) is 1. The van der Waals surface area contributed by atoms with Crippen molar-refractivity contribution in [1.29, 1.82) is 5.26 Å². The molecule has 0 atom stereocenters. The van der Waals surface area contributed by atoms with Crippen molar-refractivity contribution in [2.75, 3.05) is 22.9 Å². The molecule has 1 fully saturated rings. The minimum Gasteiger partial charge on any atom is -0.382 e. The van der Waals surface area contributed by atoms with E-state index in [-0.39, 0.29) is 17.9 Å². The Kier molecular flexibility index (Phi) is 8.91. The molecule has 1 aliphatic carbocycles. The highest BCUT2D eigenvalue weighted by atomic mass is 16.2. The van der Waals surface area contributed by atoms with Crippen molar-refractivity contribution < 1.29 is 9.59 Å². The zero-order chi connectivity index (χ0) is 31.1. The highest BCUT2D eigenvalue weighted by Crippen LogP contribution is 2.24. The molecule has 0 unspecified atom stereocenters. The summed E-state index contributed by atoms with van der Waals surface area (Å²) in [5.41, 5.74) is 8.43. The second-order valence-corrected chi connectivity index (χ2v) is 9.92. The minimum atomic E-state index is -0.309. The van der Waals surface area contributed by atoms with Crippen molar-refractivity contribution in [2.24, 2.45) is 0 Å². The maximum absolute atomic E-state index is 13.1. The van der Waals surface area contributed by atoms with Gasteiger partial charge in [0.15, 0.2) is 11.6 Å². The number of carbonyl (C=O) groups excluding carboxylic acids is 2. The van der Waals surface area contributed by atoms with Crippen molar-refractivity contribution in [3.63, 3.8) is 0 Å². The van der Waals surface area contributed by atoms with Gasteiger partial charge in [-0.1, -0.05) is 18.2 Å². The van der Waals surface area contributed by atoms with E-state index in [9.17, 15) is 9.59 Å². The van der Waals surface area contributed by atoms with Crippen molar-refractivity contribution in [2.45, 2.75) is 32.7 Å². The van der Waals surface area contributed by atoms with E-state index >= 15 is 0 Å². The van der Waals surface area contributed by atoms with Crippen molar-refractivity contribution in [3.05, 3.63) is 102 Å². The Hall–Kier alpha value is -6.03. The summed E-state index contributed by atoms with van der Waals surface area (Å²) < 4.78 is 3.03. The molecule has 0 spiro atoms. The molecule has 0 radical (unpaired) electrons. The summed E-state index contributed by atoms with van der Waals surface area (Å²) >= 11 is 0. The van der Waals surface area contributed by atoms with Gasteiger partial charge in [-0.25, -0.2) is 9.97 Å². The SMILES string of the molecule is CCNc1c(C(=O)Nc2cc(C(=O)NC3CC3)ccc2C)cnn1-c1ccccn1.N#Cc1cnn(-c2ccccn2)c1N. The van der Waals surface area contributed by atoms with Crippen LogP contribution >= 0.6 is 0 Å². The molecule has 5 aromatic rings. The van der Waals surface area contributed by atoms with Crippen LogP contribution in [0.4, 0.5) is 17.3 Å². The Bertz CT molecular complexity index is 1800. The van der Waals surface area contributed by atoms with E-state index in [0.29, 0.717) is 52.2 Å². The van der Waals surface area contributed by atoms with Gasteiger partial charge in [-0.05, 0) is 68.7 Å². The number of nitriles is 1. The Morgan fingerprint density at radius 3 is 2.25 bits per heavy atom. The summed E-state index contributed by atoms with van der Waals surface area (Å²) in [6, 6.07) is 18.4. The third-order valence-electron chi connectivity index (χ3n) is 6.68. The molecule has 44 heavy (non-hydrogen) atoms. The lowest BCUT2D eigenvalue weighted by molar-refractivity contribution is 0.0949. The van der Waals surface area contributed by atoms with Crippen LogP contribution in [0.1, 0.15) is 51.6 Å². The number of amides is 2. The molecular weight excluding hydrogens is 558 g/mol. The first-order valence-electron chi connectivity index (χ1n) is 14.0. The summed E-state index contributed by atoms with van der Waals surface area (Å²) in [5.74, 6) is 1.66. The van der Waals surface area contributed by atoms with Gasteiger partial charge in [-0.15, -0.1) is 0 Å². The number of anilines is 3. The summed E-state index contributed by atoms with van der Waals surface area (Å²) in [6.45, 7) is 4.46. The molecule has 1 aliphatic rings. The Balaban J connectivity index is 0.000000229. The molecule has 4 aromatic heterocycles. The quantitative estimate of drug-likeness (QED) is 0.209. The Morgan fingerprint density at radius 1 is 0.977 bits per heavy atom. The third-order valence-corrected chi connectivity index (χ3v) is 6.68. The predicted octanol–water partition coefficient (Wildman–Crippen LogP) is 3.87. The first kappa shape index (κ1) is 29.5. The highest BCUT2D eigenvalue weighted by Gasteiger charge is 2.24. The van der Waals surface area contributed by atoms with Crippen LogP contribution in [0.25, 0.3) is 11.6 Å². The molecule has 1 aromatic carbocycles. The monoisotopic (exact) mass is 589 g/mol. The van der Waals surface area contributed by atoms with Crippen molar-refractivity contribution >= 4 is 29.1 Å². The smallest absolute Gasteiger partial charge is 0.261 e. The zero-order valence-corrected chi connectivity index (χ0v) is 24.2. The lowest BCUT2D eigenvalue weighted by Gasteiger charge is -2.12. The van der Waals surface area contributed by atoms with Gasteiger partial charge in [0, 0.05) is 36.2 Å². The zero-order valence-electron chi connectivity index (χ0n) is 24.2. The maximum Gasteiger partial charge on any atom is 0.261 e. The molecule has 0 bridgehead atoms. The number of benzene rings is 1. The fourth-order valence-electron chi connectivity index (χ4n) is 4.19. The van der Waals surface area contributed by atoms with E-state index in [1.807, 2.05) is 50.2 Å². The minimum absolute atomic E-state index is 0.121. The highest BCUT2D eigenvalue weighted by molar-refractivity contribution is 6.08. The van der Waals surface area contributed by atoms with E-state index in [0.717, 1.165) is 18.4 Å². The average Bonchev–Trinajstić information content (AvgIpc) is 3.63. The van der Waals surface area contributed by atoms with Crippen LogP contribution in [0.2, 0.25) is 0 Å². The first-order chi connectivity index (χ1) is 21.4. The number of nitrogens with zero attached hydrogens (tertiary/aromatic N) is 7. The number of hydrogen-bond donors (Lipinski definition) is 4. The van der Waals surface area contributed by atoms with E-state index in [4.69, 9.17) is 11.0 Å². The summed E-state index contributed by atoms with van der Waals surface area (Å²) in [5, 5.41) is 26.1. The van der Waals surface area contributed by atoms with E-state index in [2.05, 4.69) is 36.1 Å². The van der Waals surface area contributed by atoms with Gasteiger partial charge < -0.3 is 21.7 Å². The molecule has 6 rings (SSSR count). The van der Waals surface area contributed by atoms with Crippen LogP contribution in [-0.2, 0) is 0 Å². The summed E-state index contributed by atoms with van der Waals surface area (Å²) in [6.07, 6.45) is 8.30. The van der Waals surface area contributed by atoms with Crippen LogP contribution in [0.3, 0.4) is 0 Å². The van der Waals surface area contributed by atoms with Gasteiger partial charge in [0.05, 0.1) is 12.4 Å². The topological polar surface area (TPSA) is 181 Å². The van der Waals surface area contributed by atoms with Crippen molar-refractivity contribution in [3.8, 4) is 17.7 Å². The largest absolute Gasteiger partial charge is 0.382 e. The van der Waals surface area contributed by atoms with Gasteiger partial charge in [0.25, 0.3) is 11.8 Å². The average molecular weight is 590 g/mol. The standard InChI is InChI=1S/C22H24N6O2.C9H7N5/c1-3-23-20-17(13-25-28(20)19-6-4-5-11-24-19)22(30)27-18-12-15(8-7-14(18)2)21(29)26-16-9-10-16;10-5-7-6-13-14(9(7)11)8-3-1-2-4-12-8/h4-8,11-13,16,23H,3,9-10H2,1-2H3,(H,26,29)(H,27,30);1-4,6H,11H2. The Morgan fingerprint density at radius 2 is 1.66 bits per heavy atom. The molecule has 13 nitrogen and oxygen atoms in total. The van der Waals surface area contributed by atoms with Crippen LogP contribution in [0.15, 0.2) is 79.4 Å². The van der Waals surface area contributed by atoms with E-state index < -0.39 is 0 Å². The predicted molar refractivity (Wildman–Crippen MR) is 166 cm³/mol. The second kappa shape index (κ2) is 13.3. The molecule has 4 heterocycles. The molecule has 222 valence electrons.